The molecule has 2 aromatic carbocycles. The van der Waals surface area contributed by atoms with Crippen LogP contribution in [0.15, 0.2) is 59.1 Å². The Balaban J connectivity index is 1.42. The molecular formula is C27H32N4OS2. The topological polar surface area (TPSA) is 52.8 Å². The first kappa shape index (κ1) is 24.5. The van der Waals surface area contributed by atoms with E-state index >= 15 is 0 Å². The van der Waals surface area contributed by atoms with Crippen LogP contribution in [0.4, 0.5) is 0 Å². The van der Waals surface area contributed by atoms with Crippen LogP contribution in [0.2, 0.25) is 0 Å². The van der Waals surface area contributed by atoms with Crippen molar-refractivity contribution in [3.05, 3.63) is 76.6 Å². The van der Waals surface area contributed by atoms with Gasteiger partial charge in [-0.1, -0.05) is 68.4 Å². The van der Waals surface area contributed by atoms with Crippen molar-refractivity contribution in [2.45, 2.75) is 70.5 Å². The molecule has 4 rings (SSSR count). The fourth-order valence-electron chi connectivity index (χ4n) is 3.72. The first-order valence-electron chi connectivity index (χ1n) is 11.6. The summed E-state index contributed by atoms with van der Waals surface area (Å²) in [6.45, 7) is 13.7. The summed E-state index contributed by atoms with van der Waals surface area (Å²) >= 11 is 3.35. The summed E-state index contributed by atoms with van der Waals surface area (Å²) in [5, 5.41) is 13.0. The van der Waals surface area contributed by atoms with Crippen LogP contribution in [0.5, 0.6) is 5.75 Å². The quantitative estimate of drug-likeness (QED) is 0.239. The number of aryl methyl sites for hydroxylation is 1. The zero-order valence-corrected chi connectivity index (χ0v) is 22.3. The van der Waals surface area contributed by atoms with Gasteiger partial charge in [0.2, 0.25) is 0 Å². The molecule has 0 fully saturated rings. The van der Waals surface area contributed by atoms with Crippen molar-refractivity contribution in [3.63, 3.8) is 0 Å². The first-order chi connectivity index (χ1) is 16.2. The number of hydrogen-bond acceptors (Lipinski definition) is 6. The van der Waals surface area contributed by atoms with Gasteiger partial charge in [0, 0.05) is 23.2 Å². The van der Waals surface area contributed by atoms with E-state index in [9.17, 15) is 0 Å². The normalized spacial score (nSPS) is 12.6. The second-order valence-electron chi connectivity index (χ2n) is 9.42. The molecule has 2 heterocycles. The molecule has 1 unspecified atom stereocenters. The Kier molecular flexibility index (Phi) is 7.43. The lowest BCUT2D eigenvalue weighted by Gasteiger charge is -2.20. The van der Waals surface area contributed by atoms with Crippen molar-refractivity contribution in [1.82, 2.24) is 19.7 Å². The first-order valence-corrected chi connectivity index (χ1v) is 13.5. The summed E-state index contributed by atoms with van der Waals surface area (Å²) in [5.74, 6) is 2.43. The maximum absolute atomic E-state index is 6.21. The van der Waals surface area contributed by atoms with E-state index < -0.39 is 0 Å². The van der Waals surface area contributed by atoms with Crippen molar-refractivity contribution in [2.24, 2.45) is 0 Å². The lowest BCUT2D eigenvalue weighted by Crippen LogP contribution is -2.13. The minimum atomic E-state index is -0.200. The number of thioether (sulfide) groups is 1. The second kappa shape index (κ2) is 10.3. The van der Waals surface area contributed by atoms with Gasteiger partial charge in [0.15, 0.2) is 17.1 Å². The maximum Gasteiger partial charge on any atom is 0.191 e. The van der Waals surface area contributed by atoms with Crippen LogP contribution in [0.25, 0.3) is 10.6 Å². The molecule has 0 radical (unpaired) electrons. The van der Waals surface area contributed by atoms with E-state index in [4.69, 9.17) is 9.72 Å². The van der Waals surface area contributed by atoms with Crippen molar-refractivity contribution < 1.29 is 4.74 Å². The molecule has 1 atom stereocenters. The molecule has 0 aliphatic carbocycles. The Bertz CT molecular complexity index is 1240. The molecule has 0 saturated heterocycles. The fraction of sp³-hybridized carbons (Fsp3) is 0.370. The van der Waals surface area contributed by atoms with Gasteiger partial charge in [-0.15, -0.1) is 21.5 Å². The molecule has 2 aromatic heterocycles. The molecule has 34 heavy (non-hydrogen) atoms. The third kappa shape index (κ3) is 5.70. The van der Waals surface area contributed by atoms with E-state index in [0.717, 1.165) is 39.7 Å². The highest BCUT2D eigenvalue weighted by molar-refractivity contribution is 7.98. The molecule has 0 N–H and O–H groups in total. The Morgan fingerprint density at radius 2 is 1.85 bits per heavy atom. The molecule has 0 aliphatic heterocycles. The van der Waals surface area contributed by atoms with E-state index in [0.29, 0.717) is 0 Å². The minimum Gasteiger partial charge on any atom is -0.483 e. The van der Waals surface area contributed by atoms with Crippen molar-refractivity contribution in [2.75, 3.05) is 0 Å². The van der Waals surface area contributed by atoms with Gasteiger partial charge < -0.3 is 9.30 Å². The Morgan fingerprint density at radius 3 is 2.53 bits per heavy atom. The van der Waals surface area contributed by atoms with Crippen LogP contribution in [0, 0.1) is 6.92 Å². The van der Waals surface area contributed by atoms with Crippen LogP contribution in [-0.4, -0.2) is 19.7 Å². The van der Waals surface area contributed by atoms with E-state index in [1.54, 1.807) is 23.1 Å². The predicted octanol–water partition coefficient (Wildman–Crippen LogP) is 7.46. The number of hydrogen-bond donors (Lipinski definition) is 0. The zero-order valence-electron chi connectivity index (χ0n) is 20.7. The van der Waals surface area contributed by atoms with Crippen LogP contribution < -0.4 is 4.74 Å². The molecule has 5 nitrogen and oxygen atoms in total. The van der Waals surface area contributed by atoms with Crippen molar-refractivity contribution >= 4 is 23.1 Å². The Morgan fingerprint density at radius 1 is 1.09 bits per heavy atom. The van der Waals surface area contributed by atoms with Gasteiger partial charge in [-0.2, -0.15) is 0 Å². The van der Waals surface area contributed by atoms with E-state index in [-0.39, 0.29) is 11.5 Å². The maximum atomic E-state index is 6.21. The number of thiazole rings is 1. The lowest BCUT2D eigenvalue weighted by molar-refractivity contribution is 0.210. The molecule has 0 aliphatic rings. The highest BCUT2D eigenvalue weighted by atomic mass is 32.2. The number of ether oxygens (including phenoxy) is 1. The number of aromatic nitrogens is 4. The van der Waals surface area contributed by atoms with Gasteiger partial charge in [0.25, 0.3) is 0 Å². The molecule has 178 valence electrons. The fourth-order valence-corrected chi connectivity index (χ4v) is 5.54. The second-order valence-corrected chi connectivity index (χ2v) is 11.2. The molecule has 0 saturated carbocycles. The minimum absolute atomic E-state index is 0.122. The van der Waals surface area contributed by atoms with E-state index in [1.165, 1.54) is 16.7 Å². The number of nitrogens with zero attached hydrogens (tertiary/aromatic N) is 4. The highest BCUT2D eigenvalue weighted by Crippen LogP contribution is 2.30. The van der Waals surface area contributed by atoms with Gasteiger partial charge in [0.1, 0.15) is 10.8 Å². The molecule has 0 amide bonds. The summed E-state index contributed by atoms with van der Waals surface area (Å²) in [6, 6.07) is 16.8. The Labute approximate surface area is 210 Å². The monoisotopic (exact) mass is 492 g/mol. The lowest BCUT2D eigenvalue weighted by atomic mass is 9.87. The summed E-state index contributed by atoms with van der Waals surface area (Å²) in [5.41, 5.74) is 4.88. The summed E-state index contributed by atoms with van der Waals surface area (Å²) in [6.07, 6.45) is -0.200. The summed E-state index contributed by atoms with van der Waals surface area (Å²) in [7, 11) is 0. The number of rotatable bonds is 8. The molecule has 4 aromatic rings. The molecule has 0 bridgehead atoms. The van der Waals surface area contributed by atoms with Crippen molar-refractivity contribution in [3.8, 4) is 16.3 Å². The van der Waals surface area contributed by atoms with Gasteiger partial charge >= 0.3 is 0 Å². The van der Waals surface area contributed by atoms with E-state index in [2.05, 4.69) is 91.2 Å². The summed E-state index contributed by atoms with van der Waals surface area (Å²) in [4.78, 5) is 4.83. The largest absolute Gasteiger partial charge is 0.483 e. The van der Waals surface area contributed by atoms with Crippen molar-refractivity contribution in [1.29, 1.82) is 0 Å². The van der Waals surface area contributed by atoms with Crippen LogP contribution in [0.1, 0.15) is 63.4 Å². The van der Waals surface area contributed by atoms with Crippen LogP contribution >= 0.6 is 23.1 Å². The predicted molar refractivity (Wildman–Crippen MR) is 142 cm³/mol. The smallest absolute Gasteiger partial charge is 0.191 e. The van der Waals surface area contributed by atoms with Gasteiger partial charge in [0.05, 0.1) is 5.69 Å². The van der Waals surface area contributed by atoms with Gasteiger partial charge in [-0.3, -0.25) is 0 Å². The molecule has 0 spiro atoms. The molecule has 7 heteroatoms. The average molecular weight is 493 g/mol. The highest BCUT2D eigenvalue weighted by Gasteiger charge is 2.20. The third-order valence-corrected chi connectivity index (χ3v) is 7.56. The SMILES string of the molecule is CCn1c(SCc2csc(-c3cccc(C)c3)n2)nnc1C(C)Oc1ccc(C(C)(C)C)cc1. The zero-order chi connectivity index (χ0) is 24.3. The number of benzene rings is 2. The van der Waals surface area contributed by atoms with E-state index in [1.807, 2.05) is 19.1 Å². The summed E-state index contributed by atoms with van der Waals surface area (Å²) < 4.78 is 8.34. The third-order valence-electron chi connectivity index (χ3n) is 5.62. The van der Waals surface area contributed by atoms with Gasteiger partial charge in [-0.25, -0.2) is 4.98 Å². The Hall–Kier alpha value is -2.64. The molecular weight excluding hydrogens is 460 g/mol. The average Bonchev–Trinajstić information content (AvgIpc) is 3.44. The van der Waals surface area contributed by atoms with Crippen LogP contribution in [-0.2, 0) is 17.7 Å². The van der Waals surface area contributed by atoms with Crippen LogP contribution in [0.3, 0.4) is 0 Å². The van der Waals surface area contributed by atoms with Gasteiger partial charge in [-0.05, 0) is 49.9 Å². The standard InChI is InChI=1S/C27H32N4OS2/c1-7-31-24(19(3)32-23-13-11-21(12-14-23)27(4,5)6)29-30-26(31)34-17-22-16-33-25(28-22)20-10-8-9-18(2)15-20/h8-16,19H,7,17H2,1-6H3.